The smallest absolute Gasteiger partial charge is 0.242 e. The lowest BCUT2D eigenvalue weighted by Crippen LogP contribution is -2.41. The minimum atomic E-state index is -3.96. The van der Waals surface area contributed by atoms with Crippen molar-refractivity contribution in [1.82, 2.24) is 4.72 Å². The zero-order chi connectivity index (χ0) is 18.6. The molecule has 2 rings (SSSR count). The van der Waals surface area contributed by atoms with E-state index in [4.69, 9.17) is 16.3 Å². The van der Waals surface area contributed by atoms with Crippen molar-refractivity contribution in [2.75, 3.05) is 12.4 Å². The second-order valence-electron chi connectivity index (χ2n) is 5.14. The number of benzene rings is 2. The Kier molecular flexibility index (Phi) is 5.99. The lowest BCUT2D eigenvalue weighted by Gasteiger charge is -2.15. The number of carbonyl (C=O) groups is 1. The van der Waals surface area contributed by atoms with Gasteiger partial charge in [-0.3, -0.25) is 4.79 Å². The first-order valence-electron chi connectivity index (χ1n) is 7.15. The zero-order valence-electron chi connectivity index (χ0n) is 13.4. The lowest BCUT2D eigenvalue weighted by molar-refractivity contribution is -0.117. The fourth-order valence-electron chi connectivity index (χ4n) is 1.95. The number of carbonyl (C=O) groups excluding carboxylic acids is 1. The van der Waals surface area contributed by atoms with Gasteiger partial charge in [-0.1, -0.05) is 11.6 Å². The summed E-state index contributed by atoms with van der Waals surface area (Å²) in [4.78, 5) is 12.0. The van der Waals surface area contributed by atoms with E-state index in [2.05, 4.69) is 10.0 Å². The van der Waals surface area contributed by atoms with Crippen molar-refractivity contribution in [2.45, 2.75) is 17.9 Å². The van der Waals surface area contributed by atoms with E-state index in [1.807, 2.05) is 0 Å². The van der Waals surface area contributed by atoms with Gasteiger partial charge in [0.1, 0.15) is 11.6 Å². The van der Waals surface area contributed by atoms with Gasteiger partial charge in [0.05, 0.1) is 23.1 Å². The van der Waals surface area contributed by atoms with Crippen LogP contribution in [0.2, 0.25) is 5.02 Å². The minimum absolute atomic E-state index is 0.0975. The third-order valence-electron chi connectivity index (χ3n) is 3.27. The molecule has 0 aliphatic rings. The van der Waals surface area contributed by atoms with Crippen LogP contribution in [0.25, 0.3) is 0 Å². The van der Waals surface area contributed by atoms with E-state index < -0.39 is 27.8 Å². The highest BCUT2D eigenvalue weighted by atomic mass is 35.5. The molecule has 0 heterocycles. The molecule has 1 atom stereocenters. The number of hydrogen-bond donors (Lipinski definition) is 2. The number of hydrogen-bond acceptors (Lipinski definition) is 4. The molecule has 9 heteroatoms. The first kappa shape index (κ1) is 19.2. The third kappa shape index (κ3) is 4.91. The average Bonchev–Trinajstić information content (AvgIpc) is 2.56. The van der Waals surface area contributed by atoms with Gasteiger partial charge in [0, 0.05) is 5.69 Å². The van der Waals surface area contributed by atoms with Crippen molar-refractivity contribution < 1.29 is 22.3 Å². The summed E-state index contributed by atoms with van der Waals surface area (Å²) in [6.07, 6.45) is 0. The SMILES string of the molecule is COc1ccc(S(=O)(=O)N[C@H](C)C(=O)Nc2ccc(F)cc2)cc1Cl. The third-order valence-corrected chi connectivity index (χ3v) is 5.10. The maximum atomic E-state index is 12.9. The van der Waals surface area contributed by atoms with Crippen molar-refractivity contribution >= 4 is 33.2 Å². The summed E-state index contributed by atoms with van der Waals surface area (Å²) < 4.78 is 44.8. The predicted octanol–water partition coefficient (Wildman–Crippen LogP) is 2.79. The summed E-state index contributed by atoms with van der Waals surface area (Å²) in [6, 6.07) is 8.02. The van der Waals surface area contributed by atoms with Crippen LogP contribution < -0.4 is 14.8 Å². The van der Waals surface area contributed by atoms with E-state index in [0.717, 1.165) is 0 Å². The van der Waals surface area contributed by atoms with Gasteiger partial charge in [-0.15, -0.1) is 0 Å². The normalized spacial score (nSPS) is 12.5. The summed E-state index contributed by atoms with van der Waals surface area (Å²) in [6.45, 7) is 1.39. The molecular weight excluding hydrogens is 371 g/mol. The number of nitrogens with one attached hydrogen (secondary N) is 2. The van der Waals surface area contributed by atoms with Crippen LogP contribution in [0, 0.1) is 5.82 Å². The number of halogens is 2. The van der Waals surface area contributed by atoms with Gasteiger partial charge >= 0.3 is 0 Å². The molecule has 0 aliphatic heterocycles. The molecule has 0 unspecified atom stereocenters. The molecule has 0 radical (unpaired) electrons. The van der Waals surface area contributed by atoms with Crippen LogP contribution in [-0.2, 0) is 14.8 Å². The fraction of sp³-hybridized carbons (Fsp3) is 0.188. The highest BCUT2D eigenvalue weighted by Gasteiger charge is 2.23. The predicted molar refractivity (Wildman–Crippen MR) is 92.8 cm³/mol. The second kappa shape index (κ2) is 7.81. The Bertz CT molecular complexity index is 872. The minimum Gasteiger partial charge on any atom is -0.495 e. The van der Waals surface area contributed by atoms with Crippen molar-refractivity contribution in [3.05, 3.63) is 53.3 Å². The summed E-state index contributed by atoms with van der Waals surface area (Å²) in [7, 11) is -2.55. The van der Waals surface area contributed by atoms with Crippen LogP contribution in [0.4, 0.5) is 10.1 Å². The van der Waals surface area contributed by atoms with Crippen LogP contribution in [0.3, 0.4) is 0 Å². The van der Waals surface area contributed by atoms with E-state index in [1.165, 1.54) is 56.5 Å². The highest BCUT2D eigenvalue weighted by Crippen LogP contribution is 2.26. The molecule has 0 spiro atoms. The first-order valence-corrected chi connectivity index (χ1v) is 9.01. The Labute approximate surface area is 150 Å². The Hall–Kier alpha value is -2.16. The van der Waals surface area contributed by atoms with Crippen molar-refractivity contribution in [3.8, 4) is 5.75 Å². The van der Waals surface area contributed by atoms with Crippen LogP contribution >= 0.6 is 11.6 Å². The van der Waals surface area contributed by atoms with Crippen LogP contribution in [0.1, 0.15) is 6.92 Å². The van der Waals surface area contributed by atoms with Crippen molar-refractivity contribution in [3.63, 3.8) is 0 Å². The maximum Gasteiger partial charge on any atom is 0.242 e. The Balaban J connectivity index is 2.09. The largest absolute Gasteiger partial charge is 0.495 e. The van der Waals surface area contributed by atoms with Gasteiger partial charge in [0.25, 0.3) is 0 Å². The molecule has 134 valence electrons. The molecule has 2 N–H and O–H groups in total. The molecular formula is C16H16ClFN2O4S. The van der Waals surface area contributed by atoms with Gasteiger partial charge < -0.3 is 10.1 Å². The van der Waals surface area contributed by atoms with Crippen LogP contribution in [0.15, 0.2) is 47.4 Å². The summed E-state index contributed by atoms with van der Waals surface area (Å²) in [5, 5.41) is 2.63. The Morgan fingerprint density at radius 1 is 1.20 bits per heavy atom. The molecule has 2 aromatic carbocycles. The molecule has 0 saturated carbocycles. The molecule has 6 nitrogen and oxygen atoms in total. The molecule has 25 heavy (non-hydrogen) atoms. The number of rotatable bonds is 6. The molecule has 2 aromatic rings. The monoisotopic (exact) mass is 386 g/mol. The van der Waals surface area contributed by atoms with E-state index in [1.54, 1.807) is 0 Å². The number of methoxy groups -OCH3 is 1. The fourth-order valence-corrected chi connectivity index (χ4v) is 3.50. The van der Waals surface area contributed by atoms with E-state index in [-0.39, 0.29) is 9.92 Å². The van der Waals surface area contributed by atoms with Gasteiger partial charge in [-0.25, -0.2) is 12.8 Å². The zero-order valence-corrected chi connectivity index (χ0v) is 15.0. The molecule has 0 saturated heterocycles. The average molecular weight is 387 g/mol. The second-order valence-corrected chi connectivity index (χ2v) is 7.26. The van der Waals surface area contributed by atoms with E-state index >= 15 is 0 Å². The lowest BCUT2D eigenvalue weighted by atomic mass is 10.3. The van der Waals surface area contributed by atoms with Gasteiger partial charge in [-0.05, 0) is 49.4 Å². The molecule has 0 aromatic heterocycles. The van der Waals surface area contributed by atoms with Gasteiger partial charge in [-0.2, -0.15) is 4.72 Å². The quantitative estimate of drug-likeness (QED) is 0.799. The molecule has 1 amide bonds. The van der Waals surface area contributed by atoms with Gasteiger partial charge in [0.2, 0.25) is 15.9 Å². The number of sulfonamides is 1. The molecule has 0 bridgehead atoms. The highest BCUT2D eigenvalue weighted by molar-refractivity contribution is 7.89. The number of amides is 1. The summed E-state index contributed by atoms with van der Waals surface area (Å²) in [5.74, 6) is -0.694. The topological polar surface area (TPSA) is 84.5 Å². The number of ether oxygens (including phenoxy) is 1. The molecule has 0 fully saturated rings. The van der Waals surface area contributed by atoms with Crippen molar-refractivity contribution in [1.29, 1.82) is 0 Å². The van der Waals surface area contributed by atoms with Crippen molar-refractivity contribution in [2.24, 2.45) is 0 Å². The van der Waals surface area contributed by atoms with Crippen LogP contribution in [-0.4, -0.2) is 27.5 Å². The van der Waals surface area contributed by atoms with Gasteiger partial charge in [0.15, 0.2) is 0 Å². The summed E-state index contributed by atoms with van der Waals surface area (Å²) >= 11 is 5.93. The Morgan fingerprint density at radius 3 is 2.40 bits per heavy atom. The first-order chi connectivity index (χ1) is 11.7. The van der Waals surface area contributed by atoms with E-state index in [0.29, 0.717) is 11.4 Å². The standard InChI is InChI=1S/C16H16ClFN2O4S/c1-10(16(21)19-12-5-3-11(18)4-6-12)20-25(22,23)13-7-8-15(24-2)14(17)9-13/h3-10,20H,1-2H3,(H,19,21)/t10-/m1/s1. The number of anilines is 1. The molecule has 0 aliphatic carbocycles. The van der Waals surface area contributed by atoms with Crippen LogP contribution in [0.5, 0.6) is 5.75 Å². The van der Waals surface area contributed by atoms with E-state index in [9.17, 15) is 17.6 Å². The maximum absolute atomic E-state index is 12.9. The summed E-state index contributed by atoms with van der Waals surface area (Å²) in [5.41, 5.74) is 0.352. The Morgan fingerprint density at radius 2 is 1.84 bits per heavy atom.